The molecule has 84 valence electrons. The fourth-order valence-corrected chi connectivity index (χ4v) is 1.78. The first kappa shape index (κ1) is 10.6. The van der Waals surface area contributed by atoms with Crippen molar-refractivity contribution in [3.05, 3.63) is 28.0 Å². The minimum absolute atomic E-state index is 0.0916. The van der Waals surface area contributed by atoms with Gasteiger partial charge in [0.05, 0.1) is 0 Å². The van der Waals surface area contributed by atoms with E-state index in [-0.39, 0.29) is 11.5 Å². The van der Waals surface area contributed by atoms with Gasteiger partial charge in [0.15, 0.2) is 11.5 Å². The van der Waals surface area contributed by atoms with Gasteiger partial charge in [0.25, 0.3) is 0 Å². The molecular weight excluding hydrogens is 232 g/mol. The SMILES string of the molecule is Cc1nc(COc2ccsc2C(=O)O)no1. The fourth-order valence-electron chi connectivity index (χ4n) is 1.11. The lowest BCUT2D eigenvalue weighted by molar-refractivity contribution is 0.0697. The average molecular weight is 240 g/mol. The Morgan fingerprint density at radius 2 is 2.50 bits per heavy atom. The summed E-state index contributed by atoms with van der Waals surface area (Å²) in [4.78, 5) is 14.9. The molecule has 2 aromatic rings. The van der Waals surface area contributed by atoms with Crippen molar-refractivity contribution in [1.82, 2.24) is 10.1 Å². The minimum atomic E-state index is -1.01. The first-order valence-electron chi connectivity index (χ1n) is 4.39. The number of carboxylic acid groups (broad SMARTS) is 1. The molecule has 0 spiro atoms. The van der Waals surface area contributed by atoms with Gasteiger partial charge in [-0.3, -0.25) is 0 Å². The Kier molecular flexibility index (Phi) is 2.86. The number of rotatable bonds is 4. The van der Waals surface area contributed by atoms with E-state index in [0.29, 0.717) is 17.5 Å². The second-order valence-corrected chi connectivity index (χ2v) is 3.85. The Labute approximate surface area is 94.5 Å². The second-order valence-electron chi connectivity index (χ2n) is 2.94. The minimum Gasteiger partial charge on any atom is -0.484 e. The van der Waals surface area contributed by atoms with Crippen molar-refractivity contribution < 1.29 is 19.2 Å². The molecule has 0 amide bonds. The van der Waals surface area contributed by atoms with Crippen molar-refractivity contribution in [3.8, 4) is 5.75 Å². The van der Waals surface area contributed by atoms with Crippen molar-refractivity contribution in [2.45, 2.75) is 13.5 Å². The zero-order chi connectivity index (χ0) is 11.5. The van der Waals surface area contributed by atoms with Crippen LogP contribution in [0.1, 0.15) is 21.4 Å². The summed E-state index contributed by atoms with van der Waals surface area (Å²) in [5, 5.41) is 14.1. The van der Waals surface area contributed by atoms with E-state index < -0.39 is 5.97 Å². The van der Waals surface area contributed by atoms with E-state index in [9.17, 15) is 4.79 Å². The van der Waals surface area contributed by atoms with Gasteiger partial charge < -0.3 is 14.4 Å². The number of hydrogen-bond donors (Lipinski definition) is 1. The molecule has 0 fully saturated rings. The maximum atomic E-state index is 10.8. The van der Waals surface area contributed by atoms with E-state index in [1.807, 2.05) is 0 Å². The van der Waals surface area contributed by atoms with Gasteiger partial charge in [-0.15, -0.1) is 11.3 Å². The molecule has 7 heteroatoms. The number of nitrogens with zero attached hydrogens (tertiary/aromatic N) is 2. The third kappa shape index (κ3) is 2.19. The second kappa shape index (κ2) is 4.31. The molecule has 0 aromatic carbocycles. The number of ether oxygens (including phenoxy) is 1. The Morgan fingerprint density at radius 1 is 1.69 bits per heavy atom. The summed E-state index contributed by atoms with van der Waals surface area (Å²) in [7, 11) is 0. The molecule has 0 saturated carbocycles. The number of thiophene rings is 1. The Bertz CT molecular complexity index is 505. The van der Waals surface area contributed by atoms with Crippen LogP contribution in [0.3, 0.4) is 0 Å². The highest BCUT2D eigenvalue weighted by Crippen LogP contribution is 2.25. The number of carbonyl (C=O) groups is 1. The fraction of sp³-hybridized carbons (Fsp3) is 0.222. The van der Waals surface area contributed by atoms with E-state index in [0.717, 1.165) is 11.3 Å². The standard InChI is InChI=1S/C9H8N2O4S/c1-5-10-7(11-15-5)4-14-6-2-3-16-8(6)9(12)13/h2-3H,4H2,1H3,(H,12,13). The molecule has 2 aromatic heterocycles. The monoisotopic (exact) mass is 240 g/mol. The molecular formula is C9H8N2O4S. The quantitative estimate of drug-likeness (QED) is 0.875. The normalized spacial score (nSPS) is 10.3. The first-order chi connectivity index (χ1) is 7.66. The molecule has 0 unspecified atom stereocenters. The zero-order valence-corrected chi connectivity index (χ0v) is 9.15. The van der Waals surface area contributed by atoms with Crippen LogP contribution in [0.4, 0.5) is 0 Å². The first-order valence-corrected chi connectivity index (χ1v) is 5.27. The van der Waals surface area contributed by atoms with Gasteiger partial charge in [-0.25, -0.2) is 4.79 Å². The predicted molar refractivity (Wildman–Crippen MR) is 54.6 cm³/mol. The number of aromatic nitrogens is 2. The summed E-state index contributed by atoms with van der Waals surface area (Å²) in [5.41, 5.74) is 0. The summed E-state index contributed by atoms with van der Waals surface area (Å²) >= 11 is 1.11. The van der Waals surface area contributed by atoms with Crippen molar-refractivity contribution in [1.29, 1.82) is 0 Å². The number of aromatic carboxylic acids is 1. The highest BCUT2D eigenvalue weighted by Gasteiger charge is 2.13. The zero-order valence-electron chi connectivity index (χ0n) is 8.34. The summed E-state index contributed by atoms with van der Waals surface area (Å²) < 4.78 is 10.0. The van der Waals surface area contributed by atoms with Crippen LogP contribution >= 0.6 is 11.3 Å². The Morgan fingerprint density at radius 3 is 3.12 bits per heavy atom. The van der Waals surface area contributed by atoms with Crippen molar-refractivity contribution in [2.75, 3.05) is 0 Å². The van der Waals surface area contributed by atoms with Crippen LogP contribution in [0.25, 0.3) is 0 Å². The lowest BCUT2D eigenvalue weighted by Gasteiger charge is -2.01. The van der Waals surface area contributed by atoms with Gasteiger partial charge in [0.1, 0.15) is 5.75 Å². The molecule has 1 N–H and O–H groups in total. The lowest BCUT2D eigenvalue weighted by atomic mass is 10.4. The van der Waals surface area contributed by atoms with Gasteiger partial charge in [-0.2, -0.15) is 4.98 Å². The Hall–Kier alpha value is -1.89. The molecule has 0 aliphatic heterocycles. The van der Waals surface area contributed by atoms with Gasteiger partial charge >= 0.3 is 5.97 Å². The van der Waals surface area contributed by atoms with E-state index in [1.165, 1.54) is 0 Å². The molecule has 6 nitrogen and oxygen atoms in total. The molecule has 0 saturated heterocycles. The van der Waals surface area contributed by atoms with Crippen LogP contribution in [0.15, 0.2) is 16.0 Å². The maximum Gasteiger partial charge on any atom is 0.349 e. The number of carboxylic acids is 1. The van der Waals surface area contributed by atoms with E-state index >= 15 is 0 Å². The molecule has 16 heavy (non-hydrogen) atoms. The maximum absolute atomic E-state index is 10.8. The summed E-state index contributed by atoms with van der Waals surface area (Å²) in [6.07, 6.45) is 0. The number of hydrogen-bond acceptors (Lipinski definition) is 6. The van der Waals surface area contributed by atoms with E-state index in [4.69, 9.17) is 14.4 Å². The third-order valence-electron chi connectivity index (χ3n) is 1.75. The van der Waals surface area contributed by atoms with Gasteiger partial charge in [-0.05, 0) is 11.4 Å². The van der Waals surface area contributed by atoms with Crippen LogP contribution in [0.5, 0.6) is 5.75 Å². The van der Waals surface area contributed by atoms with Crippen molar-refractivity contribution in [2.24, 2.45) is 0 Å². The smallest absolute Gasteiger partial charge is 0.349 e. The summed E-state index contributed by atoms with van der Waals surface area (Å²) in [6.45, 7) is 1.76. The van der Waals surface area contributed by atoms with Crippen LogP contribution in [0.2, 0.25) is 0 Å². The van der Waals surface area contributed by atoms with E-state index in [1.54, 1.807) is 18.4 Å². The van der Waals surface area contributed by atoms with Gasteiger partial charge in [0.2, 0.25) is 11.7 Å². The highest BCUT2D eigenvalue weighted by atomic mass is 32.1. The van der Waals surface area contributed by atoms with Crippen molar-refractivity contribution >= 4 is 17.3 Å². The van der Waals surface area contributed by atoms with Crippen LogP contribution < -0.4 is 4.74 Å². The molecule has 0 bridgehead atoms. The molecule has 0 radical (unpaired) electrons. The van der Waals surface area contributed by atoms with Crippen LogP contribution in [0, 0.1) is 6.92 Å². The van der Waals surface area contributed by atoms with E-state index in [2.05, 4.69) is 10.1 Å². The largest absolute Gasteiger partial charge is 0.484 e. The van der Waals surface area contributed by atoms with Gasteiger partial charge in [-0.1, -0.05) is 5.16 Å². The highest BCUT2D eigenvalue weighted by molar-refractivity contribution is 7.12. The van der Waals surface area contributed by atoms with Gasteiger partial charge in [0, 0.05) is 6.92 Å². The summed E-state index contributed by atoms with van der Waals surface area (Å²) in [6, 6.07) is 1.60. The molecule has 0 aliphatic carbocycles. The topological polar surface area (TPSA) is 85.5 Å². The lowest BCUT2D eigenvalue weighted by Crippen LogP contribution is -2.01. The third-order valence-corrected chi connectivity index (χ3v) is 2.63. The molecule has 2 rings (SSSR count). The van der Waals surface area contributed by atoms with Crippen LogP contribution in [-0.4, -0.2) is 21.2 Å². The predicted octanol–water partition coefficient (Wildman–Crippen LogP) is 1.72. The van der Waals surface area contributed by atoms with Crippen LogP contribution in [-0.2, 0) is 6.61 Å². The average Bonchev–Trinajstić information content (AvgIpc) is 2.83. The molecule has 2 heterocycles. The Balaban J connectivity index is 2.04. The number of aryl methyl sites for hydroxylation is 1. The summed E-state index contributed by atoms with van der Waals surface area (Å²) in [5.74, 6) is 0.150. The molecule has 0 atom stereocenters. The van der Waals surface area contributed by atoms with Crippen molar-refractivity contribution in [3.63, 3.8) is 0 Å². The molecule has 0 aliphatic rings.